The molecule has 1 aromatic heterocycles. The van der Waals surface area contributed by atoms with E-state index in [1.54, 1.807) is 26.0 Å². The first-order chi connectivity index (χ1) is 10.3. The molecule has 0 saturated carbocycles. The van der Waals surface area contributed by atoms with Crippen molar-refractivity contribution in [3.05, 3.63) is 55.2 Å². The summed E-state index contributed by atoms with van der Waals surface area (Å²) in [6.07, 6.45) is 1.56. The van der Waals surface area contributed by atoms with Gasteiger partial charge >= 0.3 is 0 Å². The number of rotatable bonds is 2. The molecule has 0 saturated heterocycles. The smallest absolute Gasteiger partial charge is 0.266 e. The fraction of sp³-hybridized carbons (Fsp3) is 0.188. The van der Waals surface area contributed by atoms with E-state index in [4.69, 9.17) is 0 Å². The van der Waals surface area contributed by atoms with Crippen molar-refractivity contribution in [2.45, 2.75) is 20.8 Å². The highest BCUT2D eigenvalue weighted by Crippen LogP contribution is 2.27. The van der Waals surface area contributed by atoms with Crippen molar-refractivity contribution >= 4 is 43.8 Å². The summed E-state index contributed by atoms with van der Waals surface area (Å²) < 4.78 is 3.07. The Morgan fingerprint density at radius 1 is 1.23 bits per heavy atom. The van der Waals surface area contributed by atoms with E-state index in [1.165, 1.54) is 4.68 Å². The molecule has 0 atom stereocenters. The lowest BCUT2D eigenvalue weighted by Gasteiger charge is -2.05. The zero-order valence-corrected chi connectivity index (χ0v) is 15.5. The van der Waals surface area contributed by atoms with Crippen LogP contribution >= 0.6 is 31.9 Å². The number of allylic oxidation sites excluding steroid dienone is 1. The van der Waals surface area contributed by atoms with Crippen molar-refractivity contribution in [3.63, 3.8) is 0 Å². The lowest BCUT2D eigenvalue weighted by molar-refractivity contribution is 0.0944. The largest absolute Gasteiger partial charge is 0.289 e. The van der Waals surface area contributed by atoms with Gasteiger partial charge in [0.2, 0.25) is 0 Å². The first kappa shape index (κ1) is 16.7. The fourth-order valence-electron chi connectivity index (χ4n) is 2.01. The van der Waals surface area contributed by atoms with Crippen LogP contribution in [0.4, 0.5) is 0 Å². The van der Waals surface area contributed by atoms with Gasteiger partial charge in [0.05, 0.1) is 5.69 Å². The van der Waals surface area contributed by atoms with Gasteiger partial charge in [-0.1, -0.05) is 31.9 Å². The Morgan fingerprint density at radius 2 is 1.82 bits per heavy atom. The average Bonchev–Trinajstić information content (AvgIpc) is 2.80. The van der Waals surface area contributed by atoms with Crippen molar-refractivity contribution in [1.29, 1.82) is 5.26 Å². The molecule has 0 fully saturated rings. The van der Waals surface area contributed by atoms with Crippen LogP contribution in [0.3, 0.4) is 0 Å². The van der Waals surface area contributed by atoms with E-state index in [0.717, 1.165) is 25.8 Å². The number of nitriles is 1. The molecule has 0 bridgehead atoms. The molecule has 0 unspecified atom stereocenters. The summed E-state index contributed by atoms with van der Waals surface area (Å²) in [5.41, 5.74) is 3.30. The minimum Gasteiger partial charge on any atom is -0.266 e. The standard InChI is InChI=1S/C16H13Br2N3O/c1-9-4-10(2)21(20-9)16(22)13(8-19)5-12-6-14(17)11(3)15(18)7-12/h4-7H,1-3H3/b13-5+. The average molecular weight is 423 g/mol. The Balaban J connectivity index is 2.46. The second-order valence-corrected chi connectivity index (χ2v) is 6.63. The number of carbonyl (C=O) groups excluding carboxylic acids is 1. The lowest BCUT2D eigenvalue weighted by Crippen LogP contribution is -2.15. The summed E-state index contributed by atoms with van der Waals surface area (Å²) in [6.45, 7) is 5.56. The molecule has 0 aliphatic rings. The number of benzene rings is 1. The normalized spacial score (nSPS) is 11.4. The second-order valence-electron chi connectivity index (χ2n) is 4.92. The molecule has 1 heterocycles. The van der Waals surface area contributed by atoms with E-state index in [1.807, 2.05) is 25.1 Å². The fourth-order valence-corrected chi connectivity index (χ4v) is 3.23. The SMILES string of the molecule is Cc1cc(C)n(C(=O)/C(C#N)=C/c2cc(Br)c(C)c(Br)c2)n1. The number of aromatic nitrogens is 2. The molecule has 0 aliphatic carbocycles. The summed E-state index contributed by atoms with van der Waals surface area (Å²) in [5, 5.41) is 13.4. The minimum atomic E-state index is -0.430. The van der Waals surface area contributed by atoms with Crippen molar-refractivity contribution in [3.8, 4) is 6.07 Å². The molecule has 4 nitrogen and oxygen atoms in total. The van der Waals surface area contributed by atoms with Crippen LogP contribution in [0.2, 0.25) is 0 Å². The molecule has 0 N–H and O–H groups in total. The highest BCUT2D eigenvalue weighted by molar-refractivity contribution is 9.11. The minimum absolute atomic E-state index is 0.0360. The van der Waals surface area contributed by atoms with Crippen molar-refractivity contribution in [2.75, 3.05) is 0 Å². The number of halogens is 2. The molecular weight excluding hydrogens is 410 g/mol. The third kappa shape index (κ3) is 3.37. The Kier molecular flexibility index (Phi) is 4.99. The van der Waals surface area contributed by atoms with Crippen LogP contribution in [0, 0.1) is 32.1 Å². The highest BCUT2D eigenvalue weighted by atomic mass is 79.9. The van der Waals surface area contributed by atoms with E-state index >= 15 is 0 Å². The predicted octanol–water partition coefficient (Wildman–Crippen LogP) is 4.58. The summed E-state index contributed by atoms with van der Waals surface area (Å²) in [7, 11) is 0. The zero-order valence-electron chi connectivity index (χ0n) is 12.3. The summed E-state index contributed by atoms with van der Waals surface area (Å²) >= 11 is 6.92. The van der Waals surface area contributed by atoms with Gasteiger partial charge in [-0.15, -0.1) is 0 Å². The topological polar surface area (TPSA) is 58.7 Å². The van der Waals surface area contributed by atoms with Crippen molar-refractivity contribution in [1.82, 2.24) is 9.78 Å². The van der Waals surface area contributed by atoms with Gasteiger partial charge in [-0.2, -0.15) is 10.4 Å². The van der Waals surface area contributed by atoms with Crippen LogP contribution in [0.1, 0.15) is 27.3 Å². The van der Waals surface area contributed by atoms with Gasteiger partial charge in [0, 0.05) is 14.6 Å². The molecule has 112 valence electrons. The van der Waals surface area contributed by atoms with Gasteiger partial charge in [0.15, 0.2) is 0 Å². The monoisotopic (exact) mass is 421 g/mol. The molecule has 0 amide bonds. The Hall–Kier alpha value is -1.71. The molecule has 6 heteroatoms. The van der Waals surface area contributed by atoms with Gasteiger partial charge in [0.1, 0.15) is 11.6 Å². The lowest BCUT2D eigenvalue weighted by atomic mass is 10.1. The quantitative estimate of drug-likeness (QED) is 0.525. The van der Waals surface area contributed by atoms with E-state index < -0.39 is 5.91 Å². The summed E-state index contributed by atoms with van der Waals surface area (Å²) in [4.78, 5) is 12.4. The number of carbonyl (C=O) groups is 1. The van der Waals surface area contributed by atoms with Crippen LogP contribution in [0.5, 0.6) is 0 Å². The molecular formula is C16H13Br2N3O. The van der Waals surface area contributed by atoms with E-state index in [9.17, 15) is 10.1 Å². The zero-order chi connectivity index (χ0) is 16.4. The maximum Gasteiger partial charge on any atom is 0.289 e. The predicted molar refractivity (Wildman–Crippen MR) is 92.5 cm³/mol. The Bertz CT molecular complexity index is 805. The highest BCUT2D eigenvalue weighted by Gasteiger charge is 2.15. The van der Waals surface area contributed by atoms with Crippen molar-refractivity contribution in [2.24, 2.45) is 0 Å². The van der Waals surface area contributed by atoms with Crippen molar-refractivity contribution < 1.29 is 4.79 Å². The van der Waals surface area contributed by atoms with Gasteiger partial charge in [-0.3, -0.25) is 4.79 Å². The summed E-state index contributed by atoms with van der Waals surface area (Å²) in [6, 6.07) is 7.49. The molecule has 2 rings (SSSR count). The third-order valence-corrected chi connectivity index (χ3v) is 4.81. The first-order valence-corrected chi connectivity index (χ1v) is 8.07. The third-order valence-electron chi connectivity index (χ3n) is 3.17. The first-order valence-electron chi connectivity index (χ1n) is 6.49. The maximum absolute atomic E-state index is 12.4. The van der Waals surface area contributed by atoms with Gasteiger partial charge in [-0.05, 0) is 56.2 Å². The van der Waals surface area contributed by atoms with Crippen LogP contribution in [0.15, 0.2) is 32.7 Å². The maximum atomic E-state index is 12.4. The molecule has 22 heavy (non-hydrogen) atoms. The number of hydrogen-bond acceptors (Lipinski definition) is 3. The Morgan fingerprint density at radius 3 is 2.27 bits per heavy atom. The number of nitrogens with zero attached hydrogens (tertiary/aromatic N) is 3. The van der Waals surface area contributed by atoms with E-state index in [-0.39, 0.29) is 5.57 Å². The molecule has 0 spiro atoms. The van der Waals surface area contributed by atoms with Gasteiger partial charge < -0.3 is 0 Å². The van der Waals surface area contributed by atoms with E-state index in [2.05, 4.69) is 37.0 Å². The number of aryl methyl sites for hydroxylation is 2. The van der Waals surface area contributed by atoms with Gasteiger partial charge in [0.25, 0.3) is 5.91 Å². The summed E-state index contributed by atoms with van der Waals surface area (Å²) in [5.74, 6) is -0.430. The van der Waals surface area contributed by atoms with E-state index in [0.29, 0.717) is 5.69 Å². The molecule has 0 radical (unpaired) electrons. The molecule has 1 aromatic carbocycles. The molecule has 0 aliphatic heterocycles. The number of hydrogen-bond donors (Lipinski definition) is 0. The Labute approximate surface area is 145 Å². The van der Waals surface area contributed by atoms with Crippen LogP contribution in [-0.4, -0.2) is 15.7 Å². The van der Waals surface area contributed by atoms with Crippen LogP contribution in [-0.2, 0) is 0 Å². The second kappa shape index (κ2) is 6.59. The van der Waals surface area contributed by atoms with Gasteiger partial charge in [-0.25, -0.2) is 4.68 Å². The molecule has 2 aromatic rings. The van der Waals surface area contributed by atoms with Crippen LogP contribution in [0.25, 0.3) is 6.08 Å². The van der Waals surface area contributed by atoms with Crippen LogP contribution < -0.4 is 0 Å².